The van der Waals surface area contributed by atoms with Crippen LogP contribution < -0.4 is 10.1 Å². The van der Waals surface area contributed by atoms with Crippen LogP contribution in [0, 0.1) is 5.82 Å². The number of aryl methyl sites for hydroxylation is 2. The van der Waals surface area contributed by atoms with Crippen LogP contribution in [0.25, 0.3) is 21.7 Å². The van der Waals surface area contributed by atoms with Gasteiger partial charge in [0.15, 0.2) is 0 Å². The highest BCUT2D eigenvalue weighted by Gasteiger charge is 2.29. The minimum Gasteiger partial charge on any atom is -0.493 e. The maximum atomic E-state index is 13.9. The van der Waals surface area contributed by atoms with Gasteiger partial charge in [0, 0.05) is 55.1 Å². The second-order valence-corrected chi connectivity index (χ2v) is 12.3. The highest BCUT2D eigenvalue weighted by Crippen LogP contribution is 2.35. The van der Waals surface area contributed by atoms with Crippen LogP contribution in [0.2, 0.25) is 5.02 Å². The van der Waals surface area contributed by atoms with Crippen molar-refractivity contribution in [2.24, 2.45) is 0 Å². The van der Waals surface area contributed by atoms with Crippen LogP contribution in [0.4, 0.5) is 4.39 Å². The molecule has 1 aliphatic rings. The average molecular weight is 594 g/mol. The van der Waals surface area contributed by atoms with E-state index in [-0.39, 0.29) is 11.8 Å². The van der Waals surface area contributed by atoms with Crippen LogP contribution in [0.15, 0.2) is 48.5 Å². The molecule has 5 rings (SSSR count). The molecule has 1 saturated heterocycles. The fourth-order valence-corrected chi connectivity index (χ4v) is 6.18. The zero-order valence-electron chi connectivity index (χ0n) is 25.1. The van der Waals surface area contributed by atoms with E-state index in [0.717, 1.165) is 77.7 Å². The van der Waals surface area contributed by atoms with Gasteiger partial charge in [0.2, 0.25) is 0 Å². The molecule has 0 aliphatic carbocycles. The smallest absolute Gasteiger partial charge is 0.355 e. The number of carbonyl (C=O) groups is 1. The maximum absolute atomic E-state index is 13.9. The van der Waals surface area contributed by atoms with Crippen molar-refractivity contribution in [3.05, 3.63) is 76.2 Å². The number of aromatic nitrogens is 1. The lowest BCUT2D eigenvalue weighted by Crippen LogP contribution is -2.44. The fourth-order valence-electron chi connectivity index (χ4n) is 5.90. The minimum absolute atomic E-state index is 0.269. The van der Waals surface area contributed by atoms with E-state index in [1.165, 1.54) is 12.1 Å². The summed E-state index contributed by atoms with van der Waals surface area (Å²) in [7, 11) is 0. The number of rotatable bonds is 10. The molecule has 8 heteroatoms. The van der Waals surface area contributed by atoms with Crippen molar-refractivity contribution >= 4 is 39.2 Å². The second kappa shape index (κ2) is 13.0. The van der Waals surface area contributed by atoms with E-state index in [0.29, 0.717) is 36.7 Å². The Morgan fingerprint density at radius 1 is 1.02 bits per heavy atom. The monoisotopic (exact) mass is 593 g/mol. The van der Waals surface area contributed by atoms with Gasteiger partial charge >= 0.3 is 5.97 Å². The first-order chi connectivity index (χ1) is 20.2. The minimum atomic E-state index is -0.629. The Labute approximate surface area is 252 Å². The Balaban J connectivity index is 1.48. The van der Waals surface area contributed by atoms with Crippen LogP contribution in [-0.4, -0.2) is 60.4 Å². The van der Waals surface area contributed by atoms with Crippen LogP contribution in [0.1, 0.15) is 55.7 Å². The first kappa shape index (κ1) is 30.3. The summed E-state index contributed by atoms with van der Waals surface area (Å²) in [5, 5.41) is 6.84. The summed E-state index contributed by atoms with van der Waals surface area (Å²) in [6, 6.07) is 14.4. The van der Waals surface area contributed by atoms with E-state index in [4.69, 9.17) is 21.1 Å². The van der Waals surface area contributed by atoms with Crippen molar-refractivity contribution < 1.29 is 18.7 Å². The second-order valence-electron chi connectivity index (χ2n) is 11.9. The van der Waals surface area contributed by atoms with Crippen molar-refractivity contribution in [3.63, 3.8) is 0 Å². The predicted octanol–water partition coefficient (Wildman–Crippen LogP) is 7.02. The molecule has 0 unspecified atom stereocenters. The third-order valence-electron chi connectivity index (χ3n) is 7.80. The number of halogens is 2. The van der Waals surface area contributed by atoms with E-state index in [1.54, 1.807) is 6.07 Å². The number of piperazine rings is 1. The third kappa shape index (κ3) is 6.74. The predicted molar refractivity (Wildman–Crippen MR) is 169 cm³/mol. The Kier molecular flexibility index (Phi) is 9.41. The van der Waals surface area contributed by atoms with Crippen LogP contribution in [0.3, 0.4) is 0 Å². The quantitative estimate of drug-likeness (QED) is 0.158. The fraction of sp³-hybridized carbons (Fsp3) is 0.441. The zero-order valence-corrected chi connectivity index (χ0v) is 25.8. The maximum Gasteiger partial charge on any atom is 0.355 e. The molecule has 4 aromatic rings. The summed E-state index contributed by atoms with van der Waals surface area (Å²) in [5.74, 6) is 0.136. The average Bonchev–Trinajstić information content (AvgIpc) is 3.27. The molecule has 1 aromatic heterocycles. The van der Waals surface area contributed by atoms with Gasteiger partial charge in [-0.15, -0.1) is 0 Å². The molecule has 0 amide bonds. The lowest BCUT2D eigenvalue weighted by Gasteiger charge is -2.28. The summed E-state index contributed by atoms with van der Waals surface area (Å²) in [5.41, 5.74) is 3.01. The lowest BCUT2D eigenvalue weighted by molar-refractivity contribution is 0.00561. The molecular formula is C34H41ClFN3O3. The normalized spacial score (nSPS) is 14.5. The highest BCUT2D eigenvalue weighted by atomic mass is 35.5. The number of fused-ring (bicyclic) bond motifs is 2. The molecule has 1 aliphatic heterocycles. The van der Waals surface area contributed by atoms with Gasteiger partial charge < -0.3 is 19.4 Å². The van der Waals surface area contributed by atoms with Gasteiger partial charge in [-0.1, -0.05) is 36.7 Å². The number of ether oxygens (including phenoxy) is 2. The van der Waals surface area contributed by atoms with Gasteiger partial charge in [-0.25, -0.2) is 9.18 Å². The van der Waals surface area contributed by atoms with Crippen LogP contribution in [-0.2, 0) is 24.1 Å². The molecule has 1 fully saturated rings. The SMILES string of the molecule is CCc1c(Cl)ccc2c(CCCOc3cccc4cc(F)ccc34)c(C(=O)OC(C)(C)C)n(CCN3CCNCC3)c12. The standard InChI is InChI=1S/C34H41ClFN3O3/c1-5-25-29(35)14-13-28-27(9-7-21-41-30-10-6-8-23-22-24(36)11-12-26(23)30)32(33(40)42-34(2,3)4)39(31(25)28)20-19-38-17-15-37-16-18-38/h6,8,10-14,22,37H,5,7,9,15-21H2,1-4H3. The van der Waals surface area contributed by atoms with Crippen molar-refractivity contribution in [3.8, 4) is 5.75 Å². The topological polar surface area (TPSA) is 55.7 Å². The molecular weight excluding hydrogens is 553 g/mol. The van der Waals surface area contributed by atoms with Crippen LogP contribution >= 0.6 is 11.6 Å². The Bertz CT molecular complexity index is 1570. The molecule has 0 radical (unpaired) electrons. The Hall–Kier alpha value is -3.13. The van der Waals surface area contributed by atoms with Gasteiger partial charge in [-0.3, -0.25) is 4.90 Å². The van der Waals surface area contributed by atoms with E-state index in [2.05, 4.69) is 21.7 Å². The van der Waals surface area contributed by atoms with Crippen molar-refractivity contribution in [1.82, 2.24) is 14.8 Å². The first-order valence-corrected chi connectivity index (χ1v) is 15.3. The summed E-state index contributed by atoms with van der Waals surface area (Å²) in [6.45, 7) is 13.6. The molecule has 2 heterocycles. The van der Waals surface area contributed by atoms with Gasteiger partial charge in [0.05, 0.1) is 12.1 Å². The molecule has 0 spiro atoms. The summed E-state index contributed by atoms with van der Waals surface area (Å²) in [6.07, 6.45) is 2.08. The van der Waals surface area contributed by atoms with Crippen molar-refractivity contribution in [1.29, 1.82) is 0 Å². The largest absolute Gasteiger partial charge is 0.493 e. The molecule has 0 saturated carbocycles. The number of benzene rings is 3. The van der Waals surface area contributed by atoms with Crippen molar-refractivity contribution in [2.45, 2.75) is 59.1 Å². The molecule has 42 heavy (non-hydrogen) atoms. The van der Waals surface area contributed by atoms with Crippen LogP contribution in [0.5, 0.6) is 5.75 Å². The van der Waals surface area contributed by atoms with E-state index in [1.807, 2.05) is 51.1 Å². The van der Waals surface area contributed by atoms with Gasteiger partial charge in [0.1, 0.15) is 22.9 Å². The molecule has 1 N–H and O–H groups in total. The number of nitrogens with zero attached hydrogens (tertiary/aromatic N) is 2. The number of carbonyl (C=O) groups excluding carboxylic acids is 1. The zero-order chi connectivity index (χ0) is 29.9. The Morgan fingerprint density at radius 3 is 2.52 bits per heavy atom. The van der Waals surface area contributed by atoms with Gasteiger partial charge in [0.25, 0.3) is 0 Å². The lowest BCUT2D eigenvalue weighted by atomic mass is 10.0. The summed E-state index contributed by atoms with van der Waals surface area (Å²) in [4.78, 5) is 16.3. The molecule has 6 nitrogen and oxygen atoms in total. The van der Waals surface area contributed by atoms with E-state index in [9.17, 15) is 9.18 Å². The Morgan fingerprint density at radius 2 is 1.79 bits per heavy atom. The molecule has 0 atom stereocenters. The highest BCUT2D eigenvalue weighted by molar-refractivity contribution is 6.32. The molecule has 0 bridgehead atoms. The van der Waals surface area contributed by atoms with Gasteiger partial charge in [-0.05, 0) is 86.9 Å². The molecule has 3 aromatic carbocycles. The summed E-state index contributed by atoms with van der Waals surface area (Å²) >= 11 is 6.73. The molecule has 224 valence electrons. The van der Waals surface area contributed by atoms with E-state index < -0.39 is 5.60 Å². The number of hydrogen-bond donors (Lipinski definition) is 1. The van der Waals surface area contributed by atoms with Crippen molar-refractivity contribution in [2.75, 3.05) is 39.3 Å². The summed E-state index contributed by atoms with van der Waals surface area (Å²) < 4.78 is 28.1. The van der Waals surface area contributed by atoms with Gasteiger partial charge in [-0.2, -0.15) is 0 Å². The third-order valence-corrected chi connectivity index (χ3v) is 8.16. The first-order valence-electron chi connectivity index (χ1n) is 15.0. The number of hydrogen-bond acceptors (Lipinski definition) is 5. The van der Waals surface area contributed by atoms with E-state index >= 15 is 0 Å². The number of nitrogens with one attached hydrogen (secondary N) is 1. The number of esters is 1.